The predicted octanol–water partition coefficient (Wildman–Crippen LogP) is 1.82. The summed E-state index contributed by atoms with van der Waals surface area (Å²) in [5, 5.41) is 11.9. The van der Waals surface area contributed by atoms with Gasteiger partial charge in [0, 0.05) is 0 Å². The van der Waals surface area contributed by atoms with Gasteiger partial charge in [-0.05, 0) is 64.1 Å². The van der Waals surface area contributed by atoms with Gasteiger partial charge in [-0.2, -0.15) is 11.8 Å². The Labute approximate surface area is 131 Å². The van der Waals surface area contributed by atoms with Crippen LogP contribution < -0.4 is 5.32 Å². The quantitative estimate of drug-likeness (QED) is 0.750. The standard InChI is InChI=1S/C15H28N2O3S/c1-11-5-8-17(9-6-11)15(2,3)14(20)16-12(13(18)19)7-10-21-4/h11-12H,5-10H2,1-4H3,(H,16,20)(H,18,19). The van der Waals surface area contributed by atoms with E-state index >= 15 is 0 Å². The van der Waals surface area contributed by atoms with E-state index in [0.717, 1.165) is 31.7 Å². The number of hydrogen-bond donors (Lipinski definition) is 2. The lowest BCUT2D eigenvalue weighted by Crippen LogP contribution is -2.59. The van der Waals surface area contributed by atoms with E-state index in [2.05, 4.69) is 17.1 Å². The molecule has 1 heterocycles. The van der Waals surface area contributed by atoms with E-state index in [9.17, 15) is 14.7 Å². The molecule has 0 aromatic rings. The molecule has 0 saturated carbocycles. The number of nitrogens with one attached hydrogen (secondary N) is 1. The van der Waals surface area contributed by atoms with Gasteiger partial charge in [0.15, 0.2) is 0 Å². The van der Waals surface area contributed by atoms with Gasteiger partial charge in [0.2, 0.25) is 5.91 Å². The number of nitrogens with zero attached hydrogens (tertiary/aromatic N) is 1. The molecule has 1 saturated heterocycles. The zero-order valence-corrected chi connectivity index (χ0v) is 14.3. The van der Waals surface area contributed by atoms with E-state index in [1.807, 2.05) is 20.1 Å². The summed E-state index contributed by atoms with van der Waals surface area (Å²) in [6.07, 6.45) is 4.56. The molecule has 1 amide bonds. The van der Waals surface area contributed by atoms with Crippen LogP contribution in [0.4, 0.5) is 0 Å². The fourth-order valence-corrected chi connectivity index (χ4v) is 3.01. The molecule has 0 aliphatic carbocycles. The Morgan fingerprint density at radius 3 is 2.43 bits per heavy atom. The minimum atomic E-state index is -0.958. The lowest BCUT2D eigenvalue weighted by molar-refractivity contribution is -0.144. The van der Waals surface area contributed by atoms with Crippen molar-refractivity contribution in [3.8, 4) is 0 Å². The van der Waals surface area contributed by atoms with E-state index in [0.29, 0.717) is 12.3 Å². The monoisotopic (exact) mass is 316 g/mol. The molecule has 1 aliphatic heterocycles. The first kappa shape index (κ1) is 18.3. The van der Waals surface area contributed by atoms with Gasteiger partial charge in [-0.1, -0.05) is 6.92 Å². The lowest BCUT2D eigenvalue weighted by atomic mass is 9.92. The summed E-state index contributed by atoms with van der Waals surface area (Å²) in [5.74, 6) is 0.276. The number of carbonyl (C=O) groups excluding carboxylic acids is 1. The highest BCUT2D eigenvalue weighted by Crippen LogP contribution is 2.24. The Morgan fingerprint density at radius 1 is 1.38 bits per heavy atom. The third-order valence-corrected chi connectivity index (χ3v) is 4.99. The minimum Gasteiger partial charge on any atom is -0.480 e. The zero-order valence-electron chi connectivity index (χ0n) is 13.5. The van der Waals surface area contributed by atoms with Crippen molar-refractivity contribution in [3.63, 3.8) is 0 Å². The van der Waals surface area contributed by atoms with Crippen LogP contribution in [0.15, 0.2) is 0 Å². The molecule has 6 heteroatoms. The van der Waals surface area contributed by atoms with Crippen molar-refractivity contribution < 1.29 is 14.7 Å². The Kier molecular flexibility index (Phi) is 7.00. The molecule has 0 spiro atoms. The number of amides is 1. The second kappa shape index (κ2) is 8.03. The maximum Gasteiger partial charge on any atom is 0.326 e. The molecule has 0 radical (unpaired) electrons. The fraction of sp³-hybridized carbons (Fsp3) is 0.867. The van der Waals surface area contributed by atoms with Crippen molar-refractivity contribution in [2.45, 2.75) is 51.6 Å². The maximum atomic E-state index is 12.5. The molecule has 21 heavy (non-hydrogen) atoms. The number of aliphatic carboxylic acids is 1. The van der Waals surface area contributed by atoms with Crippen LogP contribution in [0.3, 0.4) is 0 Å². The molecule has 2 N–H and O–H groups in total. The molecular weight excluding hydrogens is 288 g/mol. The van der Waals surface area contributed by atoms with Gasteiger partial charge >= 0.3 is 5.97 Å². The zero-order chi connectivity index (χ0) is 16.0. The third kappa shape index (κ3) is 5.18. The van der Waals surface area contributed by atoms with Crippen molar-refractivity contribution in [2.24, 2.45) is 5.92 Å². The largest absolute Gasteiger partial charge is 0.480 e. The van der Waals surface area contributed by atoms with Gasteiger partial charge in [-0.25, -0.2) is 4.79 Å². The Balaban J connectivity index is 2.64. The first-order valence-electron chi connectivity index (χ1n) is 7.56. The second-order valence-electron chi connectivity index (χ2n) is 6.37. The van der Waals surface area contributed by atoms with Gasteiger partial charge in [-0.15, -0.1) is 0 Å². The lowest BCUT2D eigenvalue weighted by Gasteiger charge is -2.41. The van der Waals surface area contributed by atoms with Crippen LogP contribution in [-0.2, 0) is 9.59 Å². The molecule has 1 fully saturated rings. The summed E-state index contributed by atoms with van der Waals surface area (Å²) in [6, 6.07) is -0.798. The molecule has 1 rings (SSSR count). The Morgan fingerprint density at radius 2 is 1.95 bits per heavy atom. The smallest absolute Gasteiger partial charge is 0.326 e. The number of piperidine rings is 1. The van der Waals surface area contributed by atoms with Crippen molar-refractivity contribution >= 4 is 23.6 Å². The van der Waals surface area contributed by atoms with E-state index in [4.69, 9.17) is 0 Å². The molecule has 0 aromatic heterocycles. The minimum absolute atomic E-state index is 0.189. The molecule has 1 aliphatic rings. The third-order valence-electron chi connectivity index (χ3n) is 4.34. The van der Waals surface area contributed by atoms with Gasteiger partial charge in [0.05, 0.1) is 5.54 Å². The van der Waals surface area contributed by atoms with Crippen LogP contribution in [0, 0.1) is 5.92 Å². The highest BCUT2D eigenvalue weighted by atomic mass is 32.2. The van der Waals surface area contributed by atoms with Crippen LogP contribution in [0.5, 0.6) is 0 Å². The van der Waals surface area contributed by atoms with Crippen LogP contribution in [-0.4, -0.2) is 58.6 Å². The number of rotatable bonds is 7. The van der Waals surface area contributed by atoms with Crippen LogP contribution in [0.25, 0.3) is 0 Å². The van der Waals surface area contributed by atoms with Crippen molar-refractivity contribution in [2.75, 3.05) is 25.1 Å². The highest BCUT2D eigenvalue weighted by Gasteiger charge is 2.37. The number of hydrogen-bond acceptors (Lipinski definition) is 4. The molecule has 1 unspecified atom stereocenters. The first-order valence-corrected chi connectivity index (χ1v) is 8.96. The average molecular weight is 316 g/mol. The van der Waals surface area contributed by atoms with Gasteiger partial charge in [0.25, 0.3) is 0 Å². The van der Waals surface area contributed by atoms with E-state index in [-0.39, 0.29) is 5.91 Å². The maximum absolute atomic E-state index is 12.5. The van der Waals surface area contributed by atoms with Crippen molar-refractivity contribution in [1.82, 2.24) is 10.2 Å². The molecule has 0 aromatic carbocycles. The van der Waals surface area contributed by atoms with Crippen molar-refractivity contribution in [3.05, 3.63) is 0 Å². The highest BCUT2D eigenvalue weighted by molar-refractivity contribution is 7.98. The summed E-state index contributed by atoms with van der Waals surface area (Å²) in [4.78, 5) is 25.9. The predicted molar refractivity (Wildman–Crippen MR) is 86.6 cm³/mol. The summed E-state index contributed by atoms with van der Waals surface area (Å²) in [7, 11) is 0. The number of carboxylic acid groups (broad SMARTS) is 1. The van der Waals surface area contributed by atoms with Crippen LogP contribution in [0.1, 0.15) is 40.0 Å². The first-order chi connectivity index (χ1) is 9.78. The van der Waals surface area contributed by atoms with Crippen molar-refractivity contribution in [1.29, 1.82) is 0 Å². The molecule has 1 atom stereocenters. The van der Waals surface area contributed by atoms with E-state index in [1.165, 1.54) is 0 Å². The number of carboxylic acids is 1. The number of carbonyl (C=O) groups is 2. The normalized spacial score (nSPS) is 19.2. The average Bonchev–Trinajstić information content (AvgIpc) is 2.43. The number of likely N-dealkylation sites (tertiary alicyclic amines) is 1. The molecule has 122 valence electrons. The summed E-state index contributed by atoms with van der Waals surface area (Å²) in [6.45, 7) is 7.78. The summed E-state index contributed by atoms with van der Waals surface area (Å²) >= 11 is 1.59. The summed E-state index contributed by atoms with van der Waals surface area (Å²) < 4.78 is 0. The molecule has 0 bridgehead atoms. The summed E-state index contributed by atoms with van der Waals surface area (Å²) in [5.41, 5.74) is -0.660. The van der Waals surface area contributed by atoms with Gasteiger partial charge < -0.3 is 10.4 Å². The van der Waals surface area contributed by atoms with Gasteiger partial charge in [-0.3, -0.25) is 9.69 Å². The van der Waals surface area contributed by atoms with Crippen LogP contribution in [0.2, 0.25) is 0 Å². The van der Waals surface area contributed by atoms with E-state index in [1.54, 1.807) is 11.8 Å². The second-order valence-corrected chi connectivity index (χ2v) is 7.36. The molecule has 5 nitrogen and oxygen atoms in total. The van der Waals surface area contributed by atoms with Gasteiger partial charge in [0.1, 0.15) is 6.04 Å². The number of thioether (sulfide) groups is 1. The Hall–Kier alpha value is -0.750. The van der Waals surface area contributed by atoms with E-state index < -0.39 is 17.6 Å². The topological polar surface area (TPSA) is 69.6 Å². The molecular formula is C15H28N2O3S. The fourth-order valence-electron chi connectivity index (χ4n) is 2.54. The van der Waals surface area contributed by atoms with Crippen LogP contribution >= 0.6 is 11.8 Å². The Bertz CT molecular complexity index is 366. The SMILES string of the molecule is CSCCC(NC(=O)C(C)(C)N1CCC(C)CC1)C(=O)O.